The van der Waals surface area contributed by atoms with Crippen LogP contribution in [0.25, 0.3) is 15.9 Å². The Hall–Kier alpha value is -3.26. The first kappa shape index (κ1) is 19.7. The molecule has 1 amide bonds. The third-order valence-corrected chi connectivity index (χ3v) is 6.55. The van der Waals surface area contributed by atoms with Gasteiger partial charge >= 0.3 is 0 Å². The minimum absolute atomic E-state index is 0.0111. The molecule has 2 aromatic carbocycles. The van der Waals surface area contributed by atoms with Crippen molar-refractivity contribution < 1.29 is 4.79 Å². The smallest absolute Gasteiger partial charge is 0.283 e. The molecule has 3 heterocycles. The number of para-hydroxylation sites is 1. The van der Waals surface area contributed by atoms with Crippen LogP contribution in [0.3, 0.4) is 0 Å². The van der Waals surface area contributed by atoms with Gasteiger partial charge in [0.2, 0.25) is 10.1 Å². The van der Waals surface area contributed by atoms with Gasteiger partial charge in [0.05, 0.1) is 10.9 Å². The van der Waals surface area contributed by atoms with Crippen molar-refractivity contribution in [2.24, 2.45) is 0 Å². The summed E-state index contributed by atoms with van der Waals surface area (Å²) in [6.07, 6.45) is 4.41. The van der Waals surface area contributed by atoms with Crippen LogP contribution in [-0.4, -0.2) is 38.5 Å². The van der Waals surface area contributed by atoms with E-state index in [1.165, 1.54) is 28.7 Å². The summed E-state index contributed by atoms with van der Waals surface area (Å²) in [4.78, 5) is 33.0. The number of likely N-dealkylation sites (tertiary alicyclic amines) is 1. The highest BCUT2D eigenvalue weighted by atomic mass is 32.1. The van der Waals surface area contributed by atoms with E-state index < -0.39 is 0 Å². The number of aryl methyl sites for hydroxylation is 1. The van der Waals surface area contributed by atoms with Crippen LogP contribution in [-0.2, 0) is 0 Å². The number of carbonyl (C=O) groups is 1. The maximum absolute atomic E-state index is 13.0. The molecule has 7 nitrogen and oxygen atoms in total. The number of fused-ring (bicyclic) bond motifs is 2. The van der Waals surface area contributed by atoms with Gasteiger partial charge in [-0.1, -0.05) is 42.4 Å². The fourth-order valence-electron chi connectivity index (χ4n) is 3.98. The standard InChI is InChI=1S/C23H23N5O2S/c1-15-8-4-5-9-18(15)24-22-26-28-21(30)17-11-10-16(14-19(17)25-23(28)31-22)20(29)27-12-6-2-3-7-13-27/h4-5,8-11,14H,2-3,6-7,12-13H2,1H3,(H,24,26). The van der Waals surface area contributed by atoms with Crippen LogP contribution in [0, 0.1) is 6.92 Å². The number of anilines is 2. The highest BCUT2D eigenvalue weighted by Crippen LogP contribution is 2.25. The van der Waals surface area contributed by atoms with Crippen molar-refractivity contribution in [2.45, 2.75) is 32.6 Å². The van der Waals surface area contributed by atoms with Crippen molar-refractivity contribution in [2.75, 3.05) is 18.4 Å². The van der Waals surface area contributed by atoms with Crippen molar-refractivity contribution in [3.63, 3.8) is 0 Å². The van der Waals surface area contributed by atoms with Gasteiger partial charge in [-0.05, 0) is 49.6 Å². The highest BCUT2D eigenvalue weighted by molar-refractivity contribution is 7.20. The van der Waals surface area contributed by atoms with Gasteiger partial charge in [-0.15, -0.1) is 5.10 Å². The zero-order chi connectivity index (χ0) is 21.4. The van der Waals surface area contributed by atoms with Crippen molar-refractivity contribution in [3.05, 3.63) is 63.9 Å². The van der Waals surface area contributed by atoms with E-state index >= 15 is 0 Å². The van der Waals surface area contributed by atoms with Gasteiger partial charge in [0, 0.05) is 24.3 Å². The highest BCUT2D eigenvalue weighted by Gasteiger charge is 2.19. The molecule has 1 saturated heterocycles. The second-order valence-electron chi connectivity index (χ2n) is 7.90. The summed E-state index contributed by atoms with van der Waals surface area (Å²) in [7, 11) is 0. The van der Waals surface area contributed by atoms with E-state index in [1.54, 1.807) is 18.2 Å². The zero-order valence-corrected chi connectivity index (χ0v) is 18.1. The Morgan fingerprint density at radius 2 is 1.84 bits per heavy atom. The minimum Gasteiger partial charge on any atom is -0.339 e. The summed E-state index contributed by atoms with van der Waals surface area (Å²) in [5, 5.41) is 8.73. The molecule has 0 radical (unpaired) electrons. The lowest BCUT2D eigenvalue weighted by Crippen LogP contribution is -2.31. The summed E-state index contributed by atoms with van der Waals surface area (Å²) in [6.45, 7) is 3.58. The van der Waals surface area contributed by atoms with Crippen molar-refractivity contribution in [1.29, 1.82) is 0 Å². The average Bonchev–Trinajstić information content (AvgIpc) is 2.99. The van der Waals surface area contributed by atoms with Crippen LogP contribution in [0.4, 0.5) is 10.8 Å². The number of benzene rings is 2. The molecule has 31 heavy (non-hydrogen) atoms. The third-order valence-electron chi connectivity index (χ3n) is 5.72. The van der Waals surface area contributed by atoms with Crippen LogP contribution in [0.1, 0.15) is 41.6 Å². The second-order valence-corrected chi connectivity index (χ2v) is 8.85. The van der Waals surface area contributed by atoms with Crippen molar-refractivity contribution in [3.8, 4) is 0 Å². The summed E-state index contributed by atoms with van der Waals surface area (Å²) < 4.78 is 1.32. The largest absolute Gasteiger partial charge is 0.339 e. The monoisotopic (exact) mass is 433 g/mol. The number of nitrogens with zero attached hydrogens (tertiary/aromatic N) is 4. The Labute approximate surface area is 183 Å². The number of hydrogen-bond donors (Lipinski definition) is 1. The van der Waals surface area contributed by atoms with E-state index in [0.717, 1.165) is 37.2 Å². The summed E-state index contributed by atoms with van der Waals surface area (Å²) >= 11 is 1.31. The normalized spacial score (nSPS) is 14.7. The first-order valence-corrected chi connectivity index (χ1v) is 11.4. The molecule has 5 rings (SSSR count). The Balaban J connectivity index is 1.51. The Bertz CT molecular complexity index is 1340. The number of amides is 1. The lowest BCUT2D eigenvalue weighted by Gasteiger charge is -2.20. The SMILES string of the molecule is Cc1ccccc1Nc1nn2c(=O)c3ccc(C(=O)N4CCCCCC4)cc3nc2s1. The van der Waals surface area contributed by atoms with Crippen LogP contribution >= 0.6 is 11.3 Å². The van der Waals surface area contributed by atoms with Crippen LogP contribution in [0.5, 0.6) is 0 Å². The lowest BCUT2D eigenvalue weighted by atomic mass is 10.1. The molecule has 1 aliphatic heterocycles. The van der Waals surface area contributed by atoms with E-state index in [0.29, 0.717) is 26.6 Å². The summed E-state index contributed by atoms with van der Waals surface area (Å²) in [6, 6.07) is 13.1. The van der Waals surface area contributed by atoms with Crippen LogP contribution in [0.15, 0.2) is 47.3 Å². The molecule has 4 aromatic rings. The predicted octanol–water partition coefficient (Wildman–Crippen LogP) is 4.37. The minimum atomic E-state index is -0.233. The van der Waals surface area contributed by atoms with Crippen LogP contribution < -0.4 is 10.9 Å². The molecule has 2 aromatic heterocycles. The molecular formula is C23H23N5O2S. The Morgan fingerprint density at radius 3 is 2.61 bits per heavy atom. The molecule has 1 fully saturated rings. The zero-order valence-electron chi connectivity index (χ0n) is 17.3. The van der Waals surface area contributed by atoms with E-state index in [9.17, 15) is 9.59 Å². The van der Waals surface area contributed by atoms with Gasteiger partial charge < -0.3 is 10.2 Å². The topological polar surface area (TPSA) is 79.6 Å². The Morgan fingerprint density at radius 1 is 1.06 bits per heavy atom. The van der Waals surface area contributed by atoms with Gasteiger partial charge in [-0.25, -0.2) is 4.98 Å². The number of nitrogens with one attached hydrogen (secondary N) is 1. The van der Waals surface area contributed by atoms with Gasteiger partial charge in [0.25, 0.3) is 11.5 Å². The molecule has 0 spiro atoms. The number of hydrogen-bond acceptors (Lipinski definition) is 6. The van der Waals surface area contributed by atoms with Gasteiger partial charge in [-0.3, -0.25) is 9.59 Å². The third kappa shape index (κ3) is 3.79. The fraction of sp³-hybridized carbons (Fsp3) is 0.304. The fourth-order valence-corrected chi connectivity index (χ4v) is 4.79. The maximum Gasteiger partial charge on any atom is 0.283 e. The van der Waals surface area contributed by atoms with Crippen LogP contribution in [0.2, 0.25) is 0 Å². The molecule has 0 unspecified atom stereocenters. The van der Waals surface area contributed by atoms with E-state index in [1.807, 2.05) is 36.1 Å². The first-order chi connectivity index (χ1) is 15.1. The quantitative estimate of drug-likeness (QED) is 0.519. The molecule has 0 bridgehead atoms. The van der Waals surface area contributed by atoms with E-state index in [-0.39, 0.29) is 11.5 Å². The number of aromatic nitrogens is 3. The van der Waals surface area contributed by atoms with Crippen molar-refractivity contribution >= 4 is 43.9 Å². The van der Waals surface area contributed by atoms with E-state index in [4.69, 9.17) is 0 Å². The van der Waals surface area contributed by atoms with Gasteiger partial charge in [-0.2, -0.15) is 4.52 Å². The number of carbonyl (C=O) groups excluding carboxylic acids is 1. The first-order valence-electron chi connectivity index (χ1n) is 10.6. The predicted molar refractivity (Wildman–Crippen MR) is 123 cm³/mol. The molecule has 0 atom stereocenters. The second kappa shape index (κ2) is 8.11. The summed E-state index contributed by atoms with van der Waals surface area (Å²) in [5.41, 5.74) is 2.89. The van der Waals surface area contributed by atoms with Gasteiger partial charge in [0.1, 0.15) is 0 Å². The maximum atomic E-state index is 13.0. The molecule has 0 saturated carbocycles. The molecular weight excluding hydrogens is 410 g/mol. The van der Waals surface area contributed by atoms with Crippen molar-refractivity contribution in [1.82, 2.24) is 19.5 Å². The molecule has 0 aliphatic carbocycles. The van der Waals surface area contributed by atoms with E-state index in [2.05, 4.69) is 15.4 Å². The molecule has 8 heteroatoms. The molecule has 1 aliphatic rings. The van der Waals surface area contributed by atoms with Gasteiger partial charge in [0.15, 0.2) is 0 Å². The lowest BCUT2D eigenvalue weighted by molar-refractivity contribution is 0.0762. The average molecular weight is 434 g/mol. The Kier molecular flexibility index (Phi) is 5.15. The summed E-state index contributed by atoms with van der Waals surface area (Å²) in [5.74, 6) is 0.0111. The molecule has 1 N–H and O–H groups in total. The molecule has 158 valence electrons. The number of rotatable bonds is 3.